The maximum atomic E-state index is 11.5. The molecule has 3 N–H and O–H groups in total. The number of piperidine rings is 1. The first-order valence-corrected chi connectivity index (χ1v) is 9.04. The standard InChI is InChI=1S/C17H35N5O.HI/c1-5-15-8-6-7-12-22(15)13-11-21-17(18-4)20-10-9-19-16(23)14(2)3;/h14-15H,5-13H2,1-4H3,(H,19,23)(H2,18,20,21);1H. The number of aliphatic imine (C=N–C) groups is 1. The molecule has 1 aliphatic heterocycles. The topological polar surface area (TPSA) is 68.8 Å². The molecule has 1 fully saturated rings. The first kappa shape index (κ1) is 23.4. The highest BCUT2D eigenvalue weighted by Crippen LogP contribution is 2.18. The third-order valence-corrected chi connectivity index (χ3v) is 4.38. The highest BCUT2D eigenvalue weighted by Gasteiger charge is 2.19. The molecule has 1 amide bonds. The van der Waals surface area contributed by atoms with Gasteiger partial charge in [0.1, 0.15) is 0 Å². The molecule has 1 rings (SSSR count). The Bertz CT molecular complexity index is 376. The average molecular weight is 453 g/mol. The molecule has 1 saturated heterocycles. The molecular formula is C17H36IN5O. The Morgan fingerprint density at radius 2 is 1.83 bits per heavy atom. The van der Waals surface area contributed by atoms with Crippen molar-refractivity contribution in [3.05, 3.63) is 0 Å². The zero-order valence-corrected chi connectivity index (χ0v) is 18.1. The zero-order valence-electron chi connectivity index (χ0n) is 15.7. The number of likely N-dealkylation sites (tertiary alicyclic amines) is 1. The number of hydrogen-bond acceptors (Lipinski definition) is 3. The monoisotopic (exact) mass is 453 g/mol. The van der Waals surface area contributed by atoms with Crippen LogP contribution in [0.25, 0.3) is 0 Å². The summed E-state index contributed by atoms with van der Waals surface area (Å²) in [5, 5.41) is 9.48. The van der Waals surface area contributed by atoms with Gasteiger partial charge in [-0.05, 0) is 25.8 Å². The van der Waals surface area contributed by atoms with Gasteiger partial charge in [-0.3, -0.25) is 14.7 Å². The zero-order chi connectivity index (χ0) is 17.1. The van der Waals surface area contributed by atoms with Crippen LogP contribution >= 0.6 is 24.0 Å². The number of hydrogen-bond donors (Lipinski definition) is 3. The fraction of sp³-hybridized carbons (Fsp3) is 0.882. The molecule has 0 aromatic rings. The van der Waals surface area contributed by atoms with E-state index in [4.69, 9.17) is 0 Å². The van der Waals surface area contributed by atoms with Crippen LogP contribution in [0.1, 0.15) is 46.5 Å². The van der Waals surface area contributed by atoms with Gasteiger partial charge in [-0.2, -0.15) is 0 Å². The van der Waals surface area contributed by atoms with Crippen molar-refractivity contribution in [3.8, 4) is 0 Å². The van der Waals surface area contributed by atoms with E-state index in [0.717, 1.165) is 25.1 Å². The number of amides is 1. The lowest BCUT2D eigenvalue weighted by Crippen LogP contribution is -2.47. The van der Waals surface area contributed by atoms with Gasteiger partial charge in [0.2, 0.25) is 5.91 Å². The normalized spacial score (nSPS) is 18.9. The van der Waals surface area contributed by atoms with Gasteiger partial charge in [-0.15, -0.1) is 24.0 Å². The molecule has 0 spiro atoms. The SMILES string of the molecule is CCC1CCCCN1CCNC(=NC)NCCNC(=O)C(C)C.I. The van der Waals surface area contributed by atoms with Gasteiger partial charge in [-0.1, -0.05) is 27.2 Å². The smallest absolute Gasteiger partial charge is 0.222 e. The quantitative estimate of drug-likeness (QED) is 0.227. The molecule has 24 heavy (non-hydrogen) atoms. The van der Waals surface area contributed by atoms with Crippen molar-refractivity contribution in [2.75, 3.05) is 39.8 Å². The van der Waals surface area contributed by atoms with Crippen LogP contribution in [0.3, 0.4) is 0 Å². The van der Waals surface area contributed by atoms with Crippen LogP contribution in [0.2, 0.25) is 0 Å². The predicted molar refractivity (Wildman–Crippen MR) is 112 cm³/mol. The molecule has 0 aliphatic carbocycles. The van der Waals surface area contributed by atoms with Crippen LogP contribution in [0.5, 0.6) is 0 Å². The second-order valence-electron chi connectivity index (χ2n) is 6.47. The molecule has 1 atom stereocenters. The van der Waals surface area contributed by atoms with Crippen LogP contribution in [0.15, 0.2) is 4.99 Å². The lowest BCUT2D eigenvalue weighted by atomic mass is 10.0. The predicted octanol–water partition coefficient (Wildman–Crippen LogP) is 1.81. The number of nitrogens with zero attached hydrogens (tertiary/aromatic N) is 2. The highest BCUT2D eigenvalue weighted by atomic mass is 127. The van der Waals surface area contributed by atoms with Crippen molar-refractivity contribution in [2.24, 2.45) is 10.9 Å². The summed E-state index contributed by atoms with van der Waals surface area (Å²) >= 11 is 0. The maximum absolute atomic E-state index is 11.5. The summed E-state index contributed by atoms with van der Waals surface area (Å²) in [6, 6.07) is 0.742. The molecule has 0 aromatic carbocycles. The first-order chi connectivity index (χ1) is 11.1. The summed E-state index contributed by atoms with van der Waals surface area (Å²) in [4.78, 5) is 18.3. The fourth-order valence-corrected chi connectivity index (χ4v) is 2.93. The van der Waals surface area contributed by atoms with Crippen LogP contribution in [-0.2, 0) is 4.79 Å². The maximum Gasteiger partial charge on any atom is 0.222 e. The minimum absolute atomic E-state index is 0. The minimum atomic E-state index is 0. The molecule has 1 aliphatic rings. The van der Waals surface area contributed by atoms with E-state index >= 15 is 0 Å². The van der Waals surface area contributed by atoms with Crippen molar-refractivity contribution in [3.63, 3.8) is 0 Å². The Hall–Kier alpha value is -0.570. The second-order valence-corrected chi connectivity index (χ2v) is 6.47. The number of rotatable bonds is 8. The molecular weight excluding hydrogens is 417 g/mol. The van der Waals surface area contributed by atoms with Crippen LogP contribution in [-0.4, -0.2) is 62.6 Å². The van der Waals surface area contributed by atoms with Gasteiger partial charge >= 0.3 is 0 Å². The third kappa shape index (κ3) is 9.05. The molecule has 1 heterocycles. The third-order valence-electron chi connectivity index (χ3n) is 4.38. The molecule has 7 heteroatoms. The molecule has 0 aromatic heterocycles. The number of guanidine groups is 1. The Labute approximate surface area is 164 Å². The number of halogens is 1. The number of carbonyl (C=O) groups excluding carboxylic acids is 1. The Morgan fingerprint density at radius 3 is 2.46 bits per heavy atom. The minimum Gasteiger partial charge on any atom is -0.355 e. The molecule has 0 saturated carbocycles. The lowest BCUT2D eigenvalue weighted by Gasteiger charge is -2.35. The summed E-state index contributed by atoms with van der Waals surface area (Å²) in [7, 11) is 1.78. The van der Waals surface area contributed by atoms with Crippen LogP contribution in [0.4, 0.5) is 0 Å². The van der Waals surface area contributed by atoms with Gasteiger partial charge in [0, 0.05) is 45.2 Å². The molecule has 1 unspecified atom stereocenters. The van der Waals surface area contributed by atoms with Crippen LogP contribution < -0.4 is 16.0 Å². The van der Waals surface area contributed by atoms with E-state index < -0.39 is 0 Å². The number of nitrogens with one attached hydrogen (secondary N) is 3. The van der Waals surface area contributed by atoms with Crippen molar-refractivity contribution in [1.29, 1.82) is 0 Å². The summed E-state index contributed by atoms with van der Waals surface area (Å²) in [5.74, 6) is 0.919. The van der Waals surface area contributed by atoms with E-state index in [9.17, 15) is 4.79 Å². The Balaban J connectivity index is 0.00000529. The van der Waals surface area contributed by atoms with E-state index in [2.05, 4.69) is 32.8 Å². The summed E-state index contributed by atoms with van der Waals surface area (Å²) in [6.45, 7) is 10.5. The van der Waals surface area contributed by atoms with E-state index in [1.165, 1.54) is 32.2 Å². The van der Waals surface area contributed by atoms with Crippen molar-refractivity contribution in [2.45, 2.75) is 52.5 Å². The average Bonchev–Trinajstić information content (AvgIpc) is 2.56. The van der Waals surface area contributed by atoms with E-state index in [1.807, 2.05) is 13.8 Å². The second kappa shape index (κ2) is 13.7. The summed E-state index contributed by atoms with van der Waals surface area (Å²) in [6.07, 6.45) is 5.26. The van der Waals surface area contributed by atoms with Crippen molar-refractivity contribution in [1.82, 2.24) is 20.9 Å². The Kier molecular flexibility index (Phi) is 13.4. The Morgan fingerprint density at radius 1 is 1.17 bits per heavy atom. The van der Waals surface area contributed by atoms with Gasteiger partial charge < -0.3 is 16.0 Å². The summed E-state index contributed by atoms with van der Waals surface area (Å²) in [5.41, 5.74) is 0. The van der Waals surface area contributed by atoms with E-state index in [-0.39, 0.29) is 35.8 Å². The fourth-order valence-electron chi connectivity index (χ4n) is 2.93. The lowest BCUT2D eigenvalue weighted by molar-refractivity contribution is -0.123. The highest BCUT2D eigenvalue weighted by molar-refractivity contribution is 14.0. The van der Waals surface area contributed by atoms with Gasteiger partial charge in [0.15, 0.2) is 5.96 Å². The largest absolute Gasteiger partial charge is 0.355 e. The van der Waals surface area contributed by atoms with Crippen LogP contribution in [0, 0.1) is 5.92 Å². The van der Waals surface area contributed by atoms with Crippen molar-refractivity contribution >= 4 is 35.8 Å². The van der Waals surface area contributed by atoms with Crippen molar-refractivity contribution < 1.29 is 4.79 Å². The van der Waals surface area contributed by atoms with E-state index in [1.54, 1.807) is 7.05 Å². The summed E-state index contributed by atoms with van der Waals surface area (Å²) < 4.78 is 0. The van der Waals surface area contributed by atoms with Gasteiger partial charge in [-0.25, -0.2) is 0 Å². The van der Waals surface area contributed by atoms with E-state index in [0.29, 0.717) is 13.1 Å². The molecule has 0 radical (unpaired) electrons. The van der Waals surface area contributed by atoms with Gasteiger partial charge in [0.25, 0.3) is 0 Å². The molecule has 6 nitrogen and oxygen atoms in total. The molecule has 142 valence electrons. The van der Waals surface area contributed by atoms with Gasteiger partial charge in [0.05, 0.1) is 0 Å². The first-order valence-electron chi connectivity index (χ1n) is 9.04. The molecule has 0 bridgehead atoms. The number of carbonyl (C=O) groups is 1.